The zero-order valence-corrected chi connectivity index (χ0v) is 8.13. The second-order valence-electron chi connectivity index (χ2n) is 2.19. The van der Waals surface area contributed by atoms with E-state index < -0.39 is 0 Å². The molecule has 0 aliphatic heterocycles. The van der Waals surface area contributed by atoms with Gasteiger partial charge in [0, 0.05) is 11.8 Å². The van der Waals surface area contributed by atoms with Gasteiger partial charge in [0.2, 0.25) is 0 Å². The smallest absolute Gasteiger partial charge is 0.124 e. The fourth-order valence-electron chi connectivity index (χ4n) is 0.721. The van der Waals surface area contributed by atoms with Crippen LogP contribution in [0.3, 0.4) is 0 Å². The maximum atomic E-state index is 5.47. The van der Waals surface area contributed by atoms with Crippen molar-refractivity contribution in [2.24, 2.45) is 0 Å². The van der Waals surface area contributed by atoms with Crippen LogP contribution in [0.2, 0.25) is 0 Å². The van der Waals surface area contributed by atoms with E-state index in [0.717, 1.165) is 17.4 Å². The van der Waals surface area contributed by atoms with Crippen LogP contribution in [-0.2, 0) is 0 Å². The van der Waals surface area contributed by atoms with Gasteiger partial charge in [-0.1, -0.05) is 27.9 Å². The van der Waals surface area contributed by atoms with Gasteiger partial charge < -0.3 is 5.73 Å². The zero-order valence-electron chi connectivity index (χ0n) is 6.55. The molecule has 0 amide bonds. The molecule has 3 heteroatoms. The van der Waals surface area contributed by atoms with Crippen LogP contribution in [0.25, 0.3) is 0 Å². The molecule has 2 N–H and O–H groups in total. The Kier molecular flexibility index (Phi) is 3.62. The standard InChI is InChI=1S/C9H9BrN2/c10-7-2-1-4-8-5-3-6-9(11)12-8/h3,5-6H,2,7H2,(H2,11,12). The molecule has 12 heavy (non-hydrogen) atoms. The Balaban J connectivity index is 2.71. The molecule has 1 aromatic rings. The molecule has 0 spiro atoms. The van der Waals surface area contributed by atoms with Gasteiger partial charge in [-0.2, -0.15) is 0 Å². The summed E-state index contributed by atoms with van der Waals surface area (Å²) in [6.07, 6.45) is 0.830. The quantitative estimate of drug-likeness (QED) is 0.584. The third-order valence-electron chi connectivity index (χ3n) is 1.21. The highest BCUT2D eigenvalue weighted by atomic mass is 79.9. The highest BCUT2D eigenvalue weighted by Gasteiger charge is 1.87. The largest absolute Gasteiger partial charge is 0.384 e. The van der Waals surface area contributed by atoms with E-state index in [9.17, 15) is 0 Å². The van der Waals surface area contributed by atoms with Gasteiger partial charge in [0.25, 0.3) is 0 Å². The average molecular weight is 225 g/mol. The van der Waals surface area contributed by atoms with Crippen molar-refractivity contribution < 1.29 is 0 Å². The van der Waals surface area contributed by atoms with Crippen LogP contribution < -0.4 is 5.73 Å². The molecule has 0 bridgehead atoms. The Labute approximate surface area is 80.3 Å². The Morgan fingerprint density at radius 2 is 2.33 bits per heavy atom. The minimum Gasteiger partial charge on any atom is -0.384 e. The average Bonchev–Trinajstić information content (AvgIpc) is 2.05. The number of hydrogen-bond acceptors (Lipinski definition) is 2. The van der Waals surface area contributed by atoms with Crippen LogP contribution in [0.1, 0.15) is 12.1 Å². The number of anilines is 1. The van der Waals surface area contributed by atoms with E-state index in [-0.39, 0.29) is 0 Å². The van der Waals surface area contributed by atoms with Gasteiger partial charge in [-0.25, -0.2) is 4.98 Å². The molecule has 0 saturated carbocycles. The molecule has 1 rings (SSSR count). The zero-order chi connectivity index (χ0) is 8.81. The van der Waals surface area contributed by atoms with Gasteiger partial charge in [-0.05, 0) is 18.1 Å². The van der Waals surface area contributed by atoms with Crippen molar-refractivity contribution in [2.75, 3.05) is 11.1 Å². The van der Waals surface area contributed by atoms with E-state index >= 15 is 0 Å². The Hall–Kier alpha value is -1.01. The fourth-order valence-corrected chi connectivity index (χ4v) is 0.920. The van der Waals surface area contributed by atoms with Crippen molar-refractivity contribution in [2.45, 2.75) is 6.42 Å². The van der Waals surface area contributed by atoms with Crippen molar-refractivity contribution >= 4 is 21.7 Å². The molecule has 0 aliphatic carbocycles. The molecule has 0 aromatic carbocycles. The maximum absolute atomic E-state index is 5.47. The monoisotopic (exact) mass is 224 g/mol. The number of halogens is 1. The summed E-state index contributed by atoms with van der Waals surface area (Å²) in [5.41, 5.74) is 6.21. The lowest BCUT2D eigenvalue weighted by atomic mass is 10.3. The first-order valence-corrected chi connectivity index (χ1v) is 4.72. The summed E-state index contributed by atoms with van der Waals surface area (Å²) in [5.74, 6) is 6.39. The van der Waals surface area contributed by atoms with Crippen molar-refractivity contribution in [3.05, 3.63) is 23.9 Å². The third kappa shape index (κ3) is 2.93. The molecular formula is C9H9BrN2. The summed E-state index contributed by atoms with van der Waals surface area (Å²) in [7, 11) is 0. The Morgan fingerprint density at radius 1 is 1.50 bits per heavy atom. The van der Waals surface area contributed by atoms with Gasteiger partial charge in [-0.15, -0.1) is 0 Å². The minimum absolute atomic E-state index is 0.514. The molecule has 0 saturated heterocycles. The number of rotatable bonds is 1. The normalized spacial score (nSPS) is 8.75. The molecule has 1 aromatic heterocycles. The third-order valence-corrected chi connectivity index (χ3v) is 1.60. The predicted octanol–water partition coefficient (Wildman–Crippen LogP) is 1.80. The van der Waals surface area contributed by atoms with Crippen molar-refractivity contribution in [1.29, 1.82) is 0 Å². The van der Waals surface area contributed by atoms with Crippen molar-refractivity contribution in [3.8, 4) is 11.8 Å². The fraction of sp³-hybridized carbons (Fsp3) is 0.222. The van der Waals surface area contributed by atoms with Crippen LogP contribution >= 0.6 is 15.9 Å². The van der Waals surface area contributed by atoms with E-state index in [1.807, 2.05) is 12.1 Å². The van der Waals surface area contributed by atoms with E-state index in [4.69, 9.17) is 5.73 Å². The number of alkyl halides is 1. The van der Waals surface area contributed by atoms with Crippen LogP contribution in [0, 0.1) is 11.8 Å². The summed E-state index contributed by atoms with van der Waals surface area (Å²) in [6, 6.07) is 5.44. The summed E-state index contributed by atoms with van der Waals surface area (Å²) in [5, 5.41) is 0.891. The van der Waals surface area contributed by atoms with E-state index in [1.54, 1.807) is 6.07 Å². The second kappa shape index (κ2) is 4.78. The highest BCUT2D eigenvalue weighted by Crippen LogP contribution is 1.98. The summed E-state index contributed by atoms with van der Waals surface area (Å²) in [4.78, 5) is 4.03. The lowest BCUT2D eigenvalue weighted by Gasteiger charge is -1.90. The molecule has 0 unspecified atom stereocenters. The number of hydrogen-bond donors (Lipinski definition) is 1. The van der Waals surface area contributed by atoms with E-state index in [1.165, 1.54) is 0 Å². The Bertz CT molecular complexity index is 312. The van der Waals surface area contributed by atoms with Crippen molar-refractivity contribution in [3.63, 3.8) is 0 Å². The first kappa shape index (κ1) is 9.08. The lowest BCUT2D eigenvalue weighted by molar-refractivity contribution is 1.28. The van der Waals surface area contributed by atoms with Gasteiger partial charge in [-0.3, -0.25) is 0 Å². The van der Waals surface area contributed by atoms with Crippen LogP contribution in [0.5, 0.6) is 0 Å². The minimum atomic E-state index is 0.514. The van der Waals surface area contributed by atoms with Crippen LogP contribution in [0.15, 0.2) is 18.2 Å². The highest BCUT2D eigenvalue weighted by molar-refractivity contribution is 9.09. The number of nitrogens with two attached hydrogens (primary N) is 1. The first-order valence-electron chi connectivity index (χ1n) is 3.60. The van der Waals surface area contributed by atoms with Gasteiger partial charge in [0.05, 0.1) is 0 Å². The van der Waals surface area contributed by atoms with Gasteiger partial charge in [0.1, 0.15) is 11.5 Å². The SMILES string of the molecule is Nc1cccc(C#CCCBr)n1. The number of pyridine rings is 1. The topological polar surface area (TPSA) is 38.9 Å². The molecule has 1 heterocycles. The van der Waals surface area contributed by atoms with Crippen LogP contribution in [0.4, 0.5) is 5.82 Å². The molecular weight excluding hydrogens is 216 g/mol. The number of nitrogens with zero attached hydrogens (tertiary/aromatic N) is 1. The molecule has 62 valence electrons. The maximum Gasteiger partial charge on any atom is 0.124 e. The molecule has 0 fully saturated rings. The molecule has 0 atom stereocenters. The molecule has 2 nitrogen and oxygen atoms in total. The summed E-state index contributed by atoms with van der Waals surface area (Å²) in [6.45, 7) is 0. The second-order valence-corrected chi connectivity index (χ2v) is 2.98. The summed E-state index contributed by atoms with van der Waals surface area (Å²) >= 11 is 3.29. The molecule has 0 aliphatic rings. The van der Waals surface area contributed by atoms with Crippen LogP contribution in [-0.4, -0.2) is 10.3 Å². The lowest BCUT2D eigenvalue weighted by Crippen LogP contribution is -1.90. The van der Waals surface area contributed by atoms with E-state index in [2.05, 4.69) is 32.8 Å². The molecule has 0 radical (unpaired) electrons. The predicted molar refractivity (Wildman–Crippen MR) is 53.9 cm³/mol. The van der Waals surface area contributed by atoms with Gasteiger partial charge in [0.15, 0.2) is 0 Å². The summed E-state index contributed by atoms with van der Waals surface area (Å²) < 4.78 is 0. The van der Waals surface area contributed by atoms with Gasteiger partial charge >= 0.3 is 0 Å². The number of nitrogen functional groups attached to an aromatic ring is 1. The Morgan fingerprint density at radius 3 is 3.00 bits per heavy atom. The first-order chi connectivity index (χ1) is 5.83. The van der Waals surface area contributed by atoms with Crippen molar-refractivity contribution in [1.82, 2.24) is 4.98 Å². The number of aromatic nitrogens is 1. The van der Waals surface area contributed by atoms with E-state index in [0.29, 0.717) is 5.82 Å².